The van der Waals surface area contributed by atoms with E-state index in [0.717, 1.165) is 5.56 Å². The van der Waals surface area contributed by atoms with Crippen molar-refractivity contribution >= 4 is 0 Å². The lowest BCUT2D eigenvalue weighted by Gasteiger charge is -2.47. The van der Waals surface area contributed by atoms with Crippen LogP contribution in [0.2, 0.25) is 0 Å². The number of hydrogen-bond acceptors (Lipinski definition) is 6. The Morgan fingerprint density at radius 2 is 1.79 bits per heavy atom. The number of halogens is 2. The molecule has 2 heterocycles. The number of hydrogen-bond donors (Lipinski definition) is 0. The molecule has 1 aliphatic rings. The third kappa shape index (κ3) is 5.04. The zero-order chi connectivity index (χ0) is 26.9. The molecule has 0 unspecified atom stereocenters. The van der Waals surface area contributed by atoms with Gasteiger partial charge in [0.15, 0.2) is 0 Å². The molecule has 8 heteroatoms. The highest BCUT2D eigenvalue weighted by molar-refractivity contribution is 5.83. The summed E-state index contributed by atoms with van der Waals surface area (Å²) in [5.41, 5.74) is 2.63. The number of nitriles is 2. The van der Waals surface area contributed by atoms with Gasteiger partial charge in [0.25, 0.3) is 0 Å². The van der Waals surface area contributed by atoms with Crippen molar-refractivity contribution in [2.24, 2.45) is 5.92 Å². The molecule has 1 atom stereocenters. The fourth-order valence-corrected chi connectivity index (χ4v) is 5.50. The zero-order valence-corrected chi connectivity index (χ0v) is 21.0. The zero-order valence-electron chi connectivity index (χ0n) is 21.0. The summed E-state index contributed by atoms with van der Waals surface area (Å²) in [5, 5.41) is 26.2. The number of benzene rings is 3. The largest absolute Gasteiger partial charge is 0.423 e. The molecule has 0 spiro atoms. The Morgan fingerprint density at radius 1 is 1.05 bits per heavy atom. The van der Waals surface area contributed by atoms with E-state index < -0.39 is 17.4 Å². The van der Waals surface area contributed by atoms with E-state index in [-0.39, 0.29) is 11.8 Å². The summed E-state index contributed by atoms with van der Waals surface area (Å²) in [5.74, 6) is -1.10. The predicted octanol–water partition coefficient (Wildman–Crippen LogP) is 6.25. The molecule has 38 heavy (non-hydrogen) atoms. The van der Waals surface area contributed by atoms with Crippen molar-refractivity contribution < 1.29 is 13.2 Å². The Kier molecular flexibility index (Phi) is 6.75. The first-order valence-electron chi connectivity index (χ1n) is 12.3. The van der Waals surface area contributed by atoms with Crippen molar-refractivity contribution in [2.75, 3.05) is 13.1 Å². The average Bonchev–Trinajstić information content (AvgIpc) is 3.41. The Bertz CT molecular complexity index is 1520. The number of rotatable bonds is 7. The number of nitrogens with zero attached hydrogens (tertiary/aromatic N) is 5. The van der Waals surface area contributed by atoms with E-state index in [9.17, 15) is 10.5 Å². The second-order valence-corrected chi connectivity index (χ2v) is 10.2. The normalized spacial score (nSPS) is 14.9. The van der Waals surface area contributed by atoms with E-state index in [1.807, 2.05) is 18.2 Å². The van der Waals surface area contributed by atoms with E-state index in [0.29, 0.717) is 53.0 Å². The minimum atomic E-state index is -1.67. The van der Waals surface area contributed by atoms with E-state index in [1.165, 1.54) is 32.4 Å². The highest BCUT2D eigenvalue weighted by atomic mass is 19.1. The monoisotopic (exact) mass is 509 g/mol. The molecule has 0 radical (unpaired) electrons. The van der Waals surface area contributed by atoms with Crippen LogP contribution in [0.3, 0.4) is 0 Å². The van der Waals surface area contributed by atoms with Crippen molar-refractivity contribution in [3.05, 3.63) is 95.1 Å². The fourth-order valence-electron chi connectivity index (χ4n) is 5.50. The van der Waals surface area contributed by atoms with Crippen LogP contribution < -0.4 is 0 Å². The van der Waals surface area contributed by atoms with Crippen molar-refractivity contribution in [1.29, 1.82) is 10.5 Å². The topological polar surface area (TPSA) is 89.7 Å². The molecule has 4 aromatic rings. The minimum absolute atomic E-state index is 0.0800. The summed E-state index contributed by atoms with van der Waals surface area (Å²) < 4.78 is 36.6. The van der Waals surface area contributed by atoms with E-state index in [4.69, 9.17) is 4.42 Å². The van der Waals surface area contributed by atoms with Crippen LogP contribution in [0.5, 0.6) is 0 Å². The van der Waals surface area contributed by atoms with Crippen LogP contribution in [-0.4, -0.2) is 33.9 Å². The Morgan fingerprint density at radius 3 is 2.42 bits per heavy atom. The molecule has 6 nitrogen and oxygen atoms in total. The Balaban J connectivity index is 1.55. The van der Waals surface area contributed by atoms with Gasteiger partial charge in [0, 0.05) is 31.1 Å². The van der Waals surface area contributed by atoms with Gasteiger partial charge in [-0.15, -0.1) is 10.2 Å². The molecule has 3 aromatic carbocycles. The average molecular weight is 510 g/mol. The van der Waals surface area contributed by atoms with E-state index in [1.54, 1.807) is 30.3 Å². The van der Waals surface area contributed by atoms with E-state index in [2.05, 4.69) is 27.2 Å². The van der Waals surface area contributed by atoms with Crippen molar-refractivity contribution in [2.45, 2.75) is 32.0 Å². The first-order chi connectivity index (χ1) is 18.3. The second-order valence-electron chi connectivity index (χ2n) is 10.2. The van der Waals surface area contributed by atoms with Gasteiger partial charge in [0.05, 0.1) is 23.3 Å². The van der Waals surface area contributed by atoms with Gasteiger partial charge in [-0.05, 0) is 78.4 Å². The van der Waals surface area contributed by atoms with Gasteiger partial charge in [-0.2, -0.15) is 10.5 Å². The molecule has 0 bridgehead atoms. The summed E-state index contributed by atoms with van der Waals surface area (Å²) in [6.07, 6.45) is 1.17. The van der Waals surface area contributed by atoms with Crippen LogP contribution in [-0.2, 0) is 6.54 Å². The van der Waals surface area contributed by atoms with Gasteiger partial charge < -0.3 is 4.42 Å². The highest BCUT2D eigenvalue weighted by Crippen LogP contribution is 2.48. The Labute approximate surface area is 219 Å². The van der Waals surface area contributed by atoms with Crippen molar-refractivity contribution in [3.8, 4) is 34.7 Å². The summed E-state index contributed by atoms with van der Waals surface area (Å²) in [7, 11) is 0. The summed E-state index contributed by atoms with van der Waals surface area (Å²) in [6, 6.07) is 21.3. The summed E-state index contributed by atoms with van der Waals surface area (Å²) in [6.45, 7) is 4.93. The third-order valence-electron chi connectivity index (χ3n) is 7.02. The fraction of sp³-hybridized carbons (Fsp3) is 0.267. The highest BCUT2D eigenvalue weighted by Gasteiger charge is 2.44. The van der Waals surface area contributed by atoms with Gasteiger partial charge in [-0.25, -0.2) is 8.78 Å². The SMILES string of the molecule is CC(C)(F)[C@H](c1cc(F)cc(-c2nnco2)c1-c1ccc(C#N)cc1)C1CN(Cc2cccc(C#N)c2)C1. The third-order valence-corrected chi connectivity index (χ3v) is 7.02. The maximum absolute atomic E-state index is 16.0. The van der Waals surface area contributed by atoms with Gasteiger partial charge in [-0.1, -0.05) is 24.3 Å². The maximum atomic E-state index is 16.0. The van der Waals surface area contributed by atoms with Crippen LogP contribution >= 0.6 is 0 Å². The molecule has 190 valence electrons. The second kappa shape index (κ2) is 10.2. The molecule has 0 amide bonds. The first kappa shape index (κ1) is 25.3. The van der Waals surface area contributed by atoms with Gasteiger partial charge in [0.2, 0.25) is 12.3 Å². The lowest BCUT2D eigenvalue weighted by atomic mass is 9.70. The lowest BCUT2D eigenvalue weighted by Crippen LogP contribution is -2.52. The van der Waals surface area contributed by atoms with Crippen LogP contribution in [0.1, 0.15) is 42.0 Å². The molecule has 0 N–H and O–H groups in total. The Hall–Kier alpha value is -4.40. The smallest absolute Gasteiger partial charge is 0.248 e. The molecular formula is C30H25F2N5O. The van der Waals surface area contributed by atoms with Crippen LogP contribution in [0.15, 0.2) is 71.5 Å². The summed E-state index contributed by atoms with van der Waals surface area (Å²) in [4.78, 5) is 2.19. The minimum Gasteiger partial charge on any atom is -0.423 e. The molecule has 1 saturated heterocycles. The summed E-state index contributed by atoms with van der Waals surface area (Å²) >= 11 is 0. The van der Waals surface area contributed by atoms with Gasteiger partial charge in [0.1, 0.15) is 11.5 Å². The standard InChI is InChI=1S/C30H25F2N5O/c1-30(2,32)28(23-16-37(17-23)15-21-5-3-4-20(10-21)14-34)25-11-24(31)12-26(29-36-35-18-38-29)27(25)22-8-6-19(13-33)7-9-22/h3-12,18,23,28H,15-17H2,1-2H3/t28-/m0/s1. The molecular weight excluding hydrogens is 484 g/mol. The van der Waals surface area contributed by atoms with Crippen molar-refractivity contribution in [1.82, 2.24) is 15.1 Å². The number of likely N-dealkylation sites (tertiary alicyclic amines) is 1. The quantitative estimate of drug-likeness (QED) is 0.293. The number of aromatic nitrogens is 2. The molecule has 1 aliphatic heterocycles. The van der Waals surface area contributed by atoms with Gasteiger partial charge in [-0.3, -0.25) is 4.90 Å². The molecule has 1 fully saturated rings. The van der Waals surface area contributed by atoms with Gasteiger partial charge >= 0.3 is 0 Å². The molecule has 0 aliphatic carbocycles. The first-order valence-corrected chi connectivity index (χ1v) is 12.3. The lowest BCUT2D eigenvalue weighted by molar-refractivity contribution is 0.0214. The van der Waals surface area contributed by atoms with Crippen LogP contribution in [0, 0.1) is 34.4 Å². The molecule has 1 aromatic heterocycles. The maximum Gasteiger partial charge on any atom is 0.248 e. The number of alkyl halides is 1. The molecule has 0 saturated carbocycles. The van der Waals surface area contributed by atoms with Crippen molar-refractivity contribution in [3.63, 3.8) is 0 Å². The predicted molar refractivity (Wildman–Crippen MR) is 138 cm³/mol. The van der Waals surface area contributed by atoms with Crippen LogP contribution in [0.4, 0.5) is 8.78 Å². The van der Waals surface area contributed by atoms with Crippen LogP contribution in [0.25, 0.3) is 22.6 Å². The van der Waals surface area contributed by atoms with E-state index >= 15 is 8.78 Å². The molecule has 5 rings (SSSR count).